The lowest BCUT2D eigenvalue weighted by atomic mass is 9.92. The molecule has 0 unspecified atom stereocenters. The maximum absolute atomic E-state index is 12.8. The van der Waals surface area contributed by atoms with Crippen LogP contribution >= 0.6 is 0 Å². The fourth-order valence-corrected chi connectivity index (χ4v) is 3.71. The van der Waals surface area contributed by atoms with Gasteiger partial charge in [0.05, 0.1) is 17.7 Å². The van der Waals surface area contributed by atoms with Crippen LogP contribution in [0.1, 0.15) is 79.3 Å². The van der Waals surface area contributed by atoms with Crippen LogP contribution in [0.4, 0.5) is 5.69 Å². The van der Waals surface area contributed by atoms with E-state index < -0.39 is 0 Å². The van der Waals surface area contributed by atoms with Gasteiger partial charge < -0.3 is 20.4 Å². The molecule has 6 nitrogen and oxygen atoms in total. The summed E-state index contributed by atoms with van der Waals surface area (Å²) in [4.78, 5) is 28.4. The molecule has 0 saturated carbocycles. The Morgan fingerprint density at radius 3 is 2.77 bits per heavy atom. The lowest BCUT2D eigenvalue weighted by Gasteiger charge is -2.18. The van der Waals surface area contributed by atoms with E-state index in [0.717, 1.165) is 56.6 Å². The number of carbonyl (C=O) groups excluding carboxylic acids is 2. The topological polar surface area (TPSA) is 83.2 Å². The van der Waals surface area contributed by atoms with Gasteiger partial charge in [0.1, 0.15) is 5.75 Å². The molecule has 0 saturated heterocycles. The summed E-state index contributed by atoms with van der Waals surface area (Å²) in [7, 11) is 0. The number of rotatable bonds is 9. The number of carbonyl (C=O) groups is 2. The van der Waals surface area contributed by atoms with Crippen LogP contribution in [0.15, 0.2) is 30.5 Å². The molecule has 1 aliphatic carbocycles. The number of Topliss-reactive ketones (excluding diaryl/α,β-unsaturated/α-hetero) is 1. The number of aromatic amines is 1. The van der Waals surface area contributed by atoms with Gasteiger partial charge in [-0.15, -0.1) is 0 Å². The van der Waals surface area contributed by atoms with E-state index in [0.29, 0.717) is 35.3 Å². The molecule has 1 aliphatic rings. The van der Waals surface area contributed by atoms with Crippen molar-refractivity contribution in [3.63, 3.8) is 0 Å². The highest BCUT2D eigenvalue weighted by Gasteiger charge is 2.24. The fraction of sp³-hybridized carbons (Fsp3) is 0.520. The Bertz CT molecular complexity index is 896. The van der Waals surface area contributed by atoms with Gasteiger partial charge in [0.15, 0.2) is 5.78 Å². The number of fused-ring (bicyclic) bond motifs is 1. The molecule has 2 aromatic rings. The van der Waals surface area contributed by atoms with Crippen LogP contribution < -0.4 is 15.4 Å². The quantitative estimate of drug-likeness (QED) is 0.391. The van der Waals surface area contributed by atoms with Crippen LogP contribution in [0, 0.1) is 5.41 Å². The number of anilines is 1. The molecule has 1 heterocycles. The van der Waals surface area contributed by atoms with Crippen molar-refractivity contribution in [1.29, 1.82) is 0 Å². The van der Waals surface area contributed by atoms with Crippen LogP contribution in [-0.2, 0) is 6.42 Å². The van der Waals surface area contributed by atoms with Crippen LogP contribution in [0.2, 0.25) is 0 Å². The van der Waals surface area contributed by atoms with Crippen molar-refractivity contribution in [3.8, 4) is 5.75 Å². The van der Waals surface area contributed by atoms with E-state index >= 15 is 0 Å². The standard InChI is InChI=1S/C25H35N3O3/c1-25(2,3)12-14-26-13-7-15-31-19-9-6-8-18(16-19)28-24(30)20-17-27-21-10-4-5-11-22(29)23(20)21/h6,8-9,16-17,26-27H,4-5,7,10-15H2,1-3H3,(H,28,30). The SMILES string of the molecule is CC(C)(C)CCNCCCOc1cccc(NC(=O)c2c[nH]c3c2C(=O)CCCC3)c1. The molecule has 0 radical (unpaired) electrons. The summed E-state index contributed by atoms with van der Waals surface area (Å²) >= 11 is 0. The van der Waals surface area contributed by atoms with Gasteiger partial charge >= 0.3 is 0 Å². The number of hydrogen-bond donors (Lipinski definition) is 3. The summed E-state index contributed by atoms with van der Waals surface area (Å²) in [5.74, 6) is 0.497. The second-order valence-corrected chi connectivity index (χ2v) is 9.43. The summed E-state index contributed by atoms with van der Waals surface area (Å²) in [5, 5.41) is 6.35. The molecule has 6 heteroatoms. The minimum Gasteiger partial charge on any atom is -0.493 e. The van der Waals surface area contributed by atoms with E-state index in [1.165, 1.54) is 0 Å². The Morgan fingerprint density at radius 2 is 1.97 bits per heavy atom. The van der Waals surface area contributed by atoms with Crippen molar-refractivity contribution in [2.45, 2.75) is 59.3 Å². The molecule has 0 spiro atoms. The summed E-state index contributed by atoms with van der Waals surface area (Å²) in [5.41, 5.74) is 2.86. The first-order valence-corrected chi connectivity index (χ1v) is 11.3. The summed E-state index contributed by atoms with van der Waals surface area (Å²) in [6, 6.07) is 7.38. The number of H-pyrrole nitrogens is 1. The van der Waals surface area contributed by atoms with E-state index in [-0.39, 0.29) is 11.7 Å². The predicted molar refractivity (Wildman–Crippen MR) is 124 cm³/mol. The smallest absolute Gasteiger partial charge is 0.257 e. The maximum Gasteiger partial charge on any atom is 0.257 e. The molecule has 1 amide bonds. The molecule has 31 heavy (non-hydrogen) atoms. The molecule has 3 rings (SSSR count). The summed E-state index contributed by atoms with van der Waals surface area (Å²) in [6.45, 7) is 9.27. The molecule has 0 aliphatic heterocycles. The number of aryl methyl sites for hydroxylation is 1. The Morgan fingerprint density at radius 1 is 1.16 bits per heavy atom. The lowest BCUT2D eigenvalue weighted by molar-refractivity contribution is 0.0965. The largest absolute Gasteiger partial charge is 0.493 e. The zero-order valence-corrected chi connectivity index (χ0v) is 19.0. The van der Waals surface area contributed by atoms with Gasteiger partial charge in [0.2, 0.25) is 0 Å². The van der Waals surface area contributed by atoms with Crippen molar-refractivity contribution in [1.82, 2.24) is 10.3 Å². The third kappa shape index (κ3) is 6.96. The third-order valence-corrected chi connectivity index (χ3v) is 5.48. The van der Waals surface area contributed by atoms with Crippen molar-refractivity contribution < 1.29 is 14.3 Å². The second kappa shape index (κ2) is 10.6. The number of nitrogens with one attached hydrogen (secondary N) is 3. The summed E-state index contributed by atoms with van der Waals surface area (Å²) < 4.78 is 5.84. The average Bonchev–Trinajstić information content (AvgIpc) is 3.05. The van der Waals surface area contributed by atoms with Gasteiger partial charge in [0, 0.05) is 30.1 Å². The van der Waals surface area contributed by atoms with E-state index in [9.17, 15) is 9.59 Å². The molecule has 3 N–H and O–H groups in total. The fourth-order valence-electron chi connectivity index (χ4n) is 3.71. The molecular weight excluding hydrogens is 390 g/mol. The zero-order chi connectivity index (χ0) is 22.3. The van der Waals surface area contributed by atoms with E-state index in [2.05, 4.69) is 36.4 Å². The minimum atomic E-state index is -0.270. The first-order chi connectivity index (χ1) is 14.8. The molecular formula is C25H35N3O3. The van der Waals surface area contributed by atoms with E-state index in [4.69, 9.17) is 4.74 Å². The number of ether oxygens (including phenoxy) is 1. The maximum atomic E-state index is 12.8. The van der Waals surface area contributed by atoms with Crippen LogP contribution in [0.3, 0.4) is 0 Å². The van der Waals surface area contributed by atoms with Crippen molar-refractivity contribution in [2.24, 2.45) is 5.41 Å². The Labute approximate surface area is 185 Å². The van der Waals surface area contributed by atoms with E-state index in [1.807, 2.05) is 24.3 Å². The second-order valence-electron chi connectivity index (χ2n) is 9.43. The van der Waals surface area contributed by atoms with Gasteiger partial charge in [0.25, 0.3) is 5.91 Å². The number of benzene rings is 1. The highest BCUT2D eigenvalue weighted by atomic mass is 16.5. The third-order valence-electron chi connectivity index (χ3n) is 5.48. The number of amides is 1. The molecule has 0 bridgehead atoms. The van der Waals surface area contributed by atoms with Gasteiger partial charge in [-0.05, 0) is 62.7 Å². The molecule has 1 aromatic heterocycles. The van der Waals surface area contributed by atoms with Crippen LogP contribution in [0.5, 0.6) is 5.75 Å². The monoisotopic (exact) mass is 425 g/mol. The van der Waals surface area contributed by atoms with Crippen molar-refractivity contribution in [2.75, 3.05) is 25.0 Å². The van der Waals surface area contributed by atoms with E-state index in [1.54, 1.807) is 6.20 Å². The lowest BCUT2D eigenvalue weighted by Crippen LogP contribution is -2.22. The van der Waals surface area contributed by atoms with Gasteiger partial charge in [-0.2, -0.15) is 0 Å². The Kier molecular flexibility index (Phi) is 7.91. The van der Waals surface area contributed by atoms with Crippen LogP contribution in [-0.4, -0.2) is 36.4 Å². The summed E-state index contributed by atoms with van der Waals surface area (Å²) in [6.07, 6.45) is 6.85. The Balaban J connectivity index is 1.49. The average molecular weight is 426 g/mol. The zero-order valence-electron chi connectivity index (χ0n) is 19.0. The number of hydrogen-bond acceptors (Lipinski definition) is 4. The molecule has 0 atom stereocenters. The highest BCUT2D eigenvalue weighted by molar-refractivity contribution is 6.13. The molecule has 0 fully saturated rings. The van der Waals surface area contributed by atoms with Crippen LogP contribution in [0.25, 0.3) is 0 Å². The van der Waals surface area contributed by atoms with Gasteiger partial charge in [-0.3, -0.25) is 9.59 Å². The predicted octanol–water partition coefficient (Wildman–Crippen LogP) is 4.97. The first kappa shape index (κ1) is 23.1. The highest BCUT2D eigenvalue weighted by Crippen LogP contribution is 2.25. The molecule has 1 aromatic carbocycles. The molecule has 168 valence electrons. The van der Waals surface area contributed by atoms with Gasteiger partial charge in [-0.1, -0.05) is 26.8 Å². The van der Waals surface area contributed by atoms with Crippen molar-refractivity contribution in [3.05, 3.63) is 47.3 Å². The van der Waals surface area contributed by atoms with Gasteiger partial charge in [-0.25, -0.2) is 0 Å². The first-order valence-electron chi connectivity index (χ1n) is 11.3. The minimum absolute atomic E-state index is 0.0482. The number of ketones is 1. The normalized spacial score (nSPS) is 14.1. The Hall–Kier alpha value is -2.60. The van der Waals surface area contributed by atoms with Crippen molar-refractivity contribution >= 4 is 17.4 Å². The number of aromatic nitrogens is 1.